The zero-order chi connectivity index (χ0) is 7.56. The maximum Gasteiger partial charge on any atom is 0.113 e. The summed E-state index contributed by atoms with van der Waals surface area (Å²) < 4.78 is 0.600. The van der Waals surface area contributed by atoms with Gasteiger partial charge in [-0.05, 0) is 22.0 Å². The molecule has 54 valence electrons. The van der Waals surface area contributed by atoms with Crippen LogP contribution < -0.4 is 0 Å². The van der Waals surface area contributed by atoms with E-state index in [1.165, 1.54) is 0 Å². The van der Waals surface area contributed by atoms with E-state index in [0.29, 0.717) is 15.2 Å². The summed E-state index contributed by atoms with van der Waals surface area (Å²) in [6, 6.07) is 1.64. The molecular weight excluding hydrogens is 217 g/mol. The van der Waals surface area contributed by atoms with Crippen molar-refractivity contribution in [2.75, 3.05) is 0 Å². The summed E-state index contributed by atoms with van der Waals surface area (Å²) >= 11 is 8.85. The summed E-state index contributed by atoms with van der Waals surface area (Å²) in [4.78, 5) is 3.88. The fourth-order valence-corrected chi connectivity index (χ4v) is 1.36. The first-order valence-corrected chi connectivity index (χ1v) is 3.82. The van der Waals surface area contributed by atoms with Gasteiger partial charge in [-0.2, -0.15) is 0 Å². The van der Waals surface area contributed by atoms with Gasteiger partial charge < -0.3 is 5.11 Å². The minimum Gasteiger partial charge on any atom is -0.392 e. The third-order valence-electron chi connectivity index (χ3n) is 1.10. The van der Waals surface area contributed by atoms with Gasteiger partial charge in [0.25, 0.3) is 0 Å². The van der Waals surface area contributed by atoms with Crippen molar-refractivity contribution < 1.29 is 5.11 Å². The summed E-state index contributed by atoms with van der Waals surface area (Å²) in [6.45, 7) is -0.0900. The molecule has 1 aromatic heterocycles. The molecule has 1 aromatic rings. The normalized spacial score (nSPS) is 9.90. The second kappa shape index (κ2) is 3.32. The van der Waals surface area contributed by atoms with E-state index in [1.54, 1.807) is 12.3 Å². The maximum atomic E-state index is 8.74. The number of rotatable bonds is 1. The summed E-state index contributed by atoms with van der Waals surface area (Å²) in [7, 11) is 0. The number of aliphatic hydroxyl groups is 1. The standard InChI is InChI=1S/C6H5BrClNO/c7-6-4(3-10)5(8)1-2-9-6/h1-2,10H,3H2. The Hall–Kier alpha value is -0.120. The highest BCUT2D eigenvalue weighted by molar-refractivity contribution is 9.10. The van der Waals surface area contributed by atoms with Crippen LogP contribution in [0.5, 0.6) is 0 Å². The van der Waals surface area contributed by atoms with Crippen LogP contribution in [-0.4, -0.2) is 10.1 Å². The first-order chi connectivity index (χ1) is 4.75. The molecule has 0 bridgehead atoms. The Morgan fingerprint density at radius 1 is 1.70 bits per heavy atom. The first kappa shape index (κ1) is 7.98. The van der Waals surface area contributed by atoms with Crippen molar-refractivity contribution in [3.8, 4) is 0 Å². The van der Waals surface area contributed by atoms with Crippen molar-refractivity contribution >= 4 is 27.5 Å². The fourth-order valence-electron chi connectivity index (χ4n) is 0.586. The molecule has 0 atom stereocenters. The lowest BCUT2D eigenvalue weighted by Crippen LogP contribution is -1.88. The van der Waals surface area contributed by atoms with Gasteiger partial charge in [0.1, 0.15) is 4.60 Å². The summed E-state index contributed by atoms with van der Waals surface area (Å²) in [6.07, 6.45) is 1.57. The number of pyridine rings is 1. The molecule has 4 heteroatoms. The Labute approximate surface area is 72.0 Å². The second-order valence-electron chi connectivity index (χ2n) is 1.72. The number of halogens is 2. The smallest absolute Gasteiger partial charge is 0.113 e. The van der Waals surface area contributed by atoms with Crippen LogP contribution in [0.2, 0.25) is 5.02 Å². The van der Waals surface area contributed by atoms with Crippen LogP contribution in [0.3, 0.4) is 0 Å². The quantitative estimate of drug-likeness (QED) is 0.737. The lowest BCUT2D eigenvalue weighted by molar-refractivity contribution is 0.280. The minimum absolute atomic E-state index is 0.0900. The van der Waals surface area contributed by atoms with Crippen molar-refractivity contribution in [1.29, 1.82) is 0 Å². The van der Waals surface area contributed by atoms with Crippen LogP contribution in [-0.2, 0) is 6.61 Å². The van der Waals surface area contributed by atoms with E-state index in [0.717, 1.165) is 0 Å². The molecule has 0 fully saturated rings. The third kappa shape index (κ3) is 1.48. The van der Waals surface area contributed by atoms with Gasteiger partial charge in [-0.25, -0.2) is 4.98 Å². The Bertz CT molecular complexity index is 221. The SMILES string of the molecule is OCc1c(Cl)ccnc1Br. The third-order valence-corrected chi connectivity index (χ3v) is 2.14. The molecule has 0 saturated carbocycles. The summed E-state index contributed by atoms with van der Waals surface area (Å²) in [5, 5.41) is 9.28. The predicted molar refractivity (Wildman–Crippen MR) is 42.9 cm³/mol. The van der Waals surface area contributed by atoms with Crippen molar-refractivity contribution in [3.63, 3.8) is 0 Å². The molecule has 1 rings (SSSR count). The molecule has 1 heterocycles. The Morgan fingerprint density at radius 2 is 2.40 bits per heavy atom. The number of hydrogen-bond donors (Lipinski definition) is 1. The lowest BCUT2D eigenvalue weighted by Gasteiger charge is -1.99. The van der Waals surface area contributed by atoms with Crippen LogP contribution in [0.25, 0.3) is 0 Å². The topological polar surface area (TPSA) is 33.1 Å². The van der Waals surface area contributed by atoms with Gasteiger partial charge in [-0.3, -0.25) is 0 Å². The predicted octanol–water partition coefficient (Wildman–Crippen LogP) is 1.99. The Morgan fingerprint density at radius 3 is 2.80 bits per heavy atom. The van der Waals surface area contributed by atoms with Crippen LogP contribution >= 0.6 is 27.5 Å². The van der Waals surface area contributed by atoms with Gasteiger partial charge in [0.2, 0.25) is 0 Å². The molecule has 0 aliphatic rings. The maximum absolute atomic E-state index is 8.74. The molecule has 10 heavy (non-hydrogen) atoms. The first-order valence-electron chi connectivity index (χ1n) is 2.65. The van der Waals surface area contributed by atoms with E-state index < -0.39 is 0 Å². The van der Waals surface area contributed by atoms with Gasteiger partial charge in [-0.1, -0.05) is 11.6 Å². The molecular formula is C6H5BrClNO. The van der Waals surface area contributed by atoms with Gasteiger partial charge >= 0.3 is 0 Å². The zero-order valence-electron chi connectivity index (χ0n) is 5.01. The van der Waals surface area contributed by atoms with Gasteiger partial charge in [0.15, 0.2) is 0 Å². The zero-order valence-corrected chi connectivity index (χ0v) is 7.35. The molecule has 1 N–H and O–H groups in total. The van der Waals surface area contributed by atoms with Crippen LogP contribution in [0.15, 0.2) is 16.9 Å². The molecule has 0 aliphatic heterocycles. The minimum atomic E-state index is -0.0900. The van der Waals surface area contributed by atoms with E-state index in [1.807, 2.05) is 0 Å². The van der Waals surface area contributed by atoms with Gasteiger partial charge in [0, 0.05) is 11.8 Å². The van der Waals surface area contributed by atoms with E-state index in [9.17, 15) is 0 Å². The van der Waals surface area contributed by atoms with Crippen LogP contribution in [0.4, 0.5) is 0 Å². The molecule has 0 aromatic carbocycles. The Kier molecular flexibility index (Phi) is 2.65. The average Bonchev–Trinajstić information content (AvgIpc) is 1.88. The number of hydrogen-bond acceptors (Lipinski definition) is 2. The van der Waals surface area contributed by atoms with Crippen LogP contribution in [0, 0.1) is 0 Å². The second-order valence-corrected chi connectivity index (χ2v) is 2.88. The van der Waals surface area contributed by atoms with E-state index in [-0.39, 0.29) is 6.61 Å². The van der Waals surface area contributed by atoms with Crippen LogP contribution in [0.1, 0.15) is 5.56 Å². The summed E-state index contributed by atoms with van der Waals surface area (Å²) in [5.41, 5.74) is 0.629. The van der Waals surface area contributed by atoms with Crippen molar-refractivity contribution in [1.82, 2.24) is 4.98 Å². The van der Waals surface area contributed by atoms with E-state index >= 15 is 0 Å². The van der Waals surface area contributed by atoms with Crippen molar-refractivity contribution in [2.45, 2.75) is 6.61 Å². The highest BCUT2D eigenvalue weighted by atomic mass is 79.9. The molecule has 0 radical (unpaired) electrons. The highest BCUT2D eigenvalue weighted by Gasteiger charge is 2.02. The number of aliphatic hydroxyl groups excluding tert-OH is 1. The average molecular weight is 222 g/mol. The molecule has 0 saturated heterocycles. The Balaban J connectivity index is 3.17. The fraction of sp³-hybridized carbons (Fsp3) is 0.167. The van der Waals surface area contributed by atoms with Gasteiger partial charge in [0.05, 0.1) is 11.6 Å². The monoisotopic (exact) mass is 221 g/mol. The molecule has 0 aliphatic carbocycles. The summed E-state index contributed by atoms with van der Waals surface area (Å²) in [5.74, 6) is 0. The van der Waals surface area contributed by atoms with Crippen molar-refractivity contribution in [2.24, 2.45) is 0 Å². The van der Waals surface area contributed by atoms with Crippen molar-refractivity contribution in [3.05, 3.63) is 27.5 Å². The molecule has 0 spiro atoms. The lowest BCUT2D eigenvalue weighted by atomic mass is 10.3. The number of aromatic nitrogens is 1. The molecule has 0 amide bonds. The van der Waals surface area contributed by atoms with Gasteiger partial charge in [-0.15, -0.1) is 0 Å². The largest absolute Gasteiger partial charge is 0.392 e. The molecule has 0 unspecified atom stereocenters. The molecule has 2 nitrogen and oxygen atoms in total. The highest BCUT2D eigenvalue weighted by Crippen LogP contribution is 2.21. The van der Waals surface area contributed by atoms with E-state index in [4.69, 9.17) is 16.7 Å². The number of nitrogens with zero attached hydrogens (tertiary/aromatic N) is 1. The van der Waals surface area contributed by atoms with E-state index in [2.05, 4.69) is 20.9 Å².